The highest BCUT2D eigenvalue weighted by Crippen LogP contribution is 2.46. The molecule has 0 saturated heterocycles. The topological polar surface area (TPSA) is 110 Å². The van der Waals surface area contributed by atoms with Gasteiger partial charge in [0.05, 0.1) is 22.3 Å². The van der Waals surface area contributed by atoms with Crippen molar-refractivity contribution in [3.05, 3.63) is 103 Å². The molecule has 1 aliphatic carbocycles. The van der Waals surface area contributed by atoms with Crippen molar-refractivity contribution in [3.8, 4) is 39.5 Å². The lowest BCUT2D eigenvalue weighted by Gasteiger charge is -2.49. The van der Waals surface area contributed by atoms with Crippen molar-refractivity contribution >= 4 is 16.7 Å². The molecule has 0 unspecified atom stereocenters. The van der Waals surface area contributed by atoms with Crippen molar-refractivity contribution in [2.24, 2.45) is 5.73 Å². The molecule has 7 heteroatoms. The van der Waals surface area contributed by atoms with Crippen LogP contribution in [-0.2, 0) is 5.54 Å². The van der Waals surface area contributed by atoms with Gasteiger partial charge >= 0.3 is 0 Å². The zero-order valence-corrected chi connectivity index (χ0v) is 21.4. The molecule has 0 radical (unpaired) electrons. The van der Waals surface area contributed by atoms with E-state index < -0.39 is 11.1 Å². The van der Waals surface area contributed by atoms with Gasteiger partial charge in [0.25, 0.3) is 0 Å². The van der Waals surface area contributed by atoms with Gasteiger partial charge in [-0.3, -0.25) is 4.40 Å². The first kappa shape index (κ1) is 23.5. The van der Waals surface area contributed by atoms with E-state index in [0.717, 1.165) is 44.5 Å². The van der Waals surface area contributed by atoms with Gasteiger partial charge in [0.2, 0.25) is 0 Å². The van der Waals surface area contributed by atoms with Crippen LogP contribution in [0, 0.1) is 0 Å². The summed E-state index contributed by atoms with van der Waals surface area (Å²) in [6.07, 6.45) is 1.08. The first-order valence-corrected chi connectivity index (χ1v) is 13.0. The maximum atomic E-state index is 10.3. The highest BCUT2D eigenvalue weighted by Gasteiger charge is 2.49. The number of hydrogen-bond donors (Lipinski definition) is 3. The Morgan fingerprint density at radius 1 is 0.795 bits per heavy atom. The van der Waals surface area contributed by atoms with Crippen molar-refractivity contribution in [1.29, 1.82) is 0 Å². The molecule has 0 spiro atoms. The molecule has 0 atom stereocenters. The monoisotopic (exact) mass is 513 g/mol. The smallest absolute Gasteiger partial charge is 0.169 e. The van der Waals surface area contributed by atoms with Gasteiger partial charge in [-0.05, 0) is 61.2 Å². The van der Waals surface area contributed by atoms with E-state index >= 15 is 0 Å². The molecule has 7 nitrogen and oxygen atoms in total. The molecule has 6 aromatic rings. The van der Waals surface area contributed by atoms with E-state index in [1.165, 1.54) is 0 Å². The Labute approximate surface area is 225 Å². The Morgan fingerprint density at radius 2 is 1.54 bits per heavy atom. The number of aromatic nitrogens is 4. The minimum Gasteiger partial charge on any atom is -0.508 e. The van der Waals surface area contributed by atoms with Crippen LogP contribution in [0.4, 0.5) is 0 Å². The van der Waals surface area contributed by atoms with Crippen LogP contribution in [0.25, 0.3) is 50.5 Å². The van der Waals surface area contributed by atoms with Crippen LogP contribution in [0.3, 0.4) is 0 Å². The quantitative estimate of drug-likeness (QED) is 0.280. The van der Waals surface area contributed by atoms with E-state index in [1.807, 2.05) is 59.9 Å². The number of aliphatic hydroxyl groups is 1. The number of phenols is 1. The number of fused-ring (bicyclic) bond motifs is 3. The fourth-order valence-corrected chi connectivity index (χ4v) is 5.98. The van der Waals surface area contributed by atoms with Crippen LogP contribution in [0.1, 0.15) is 25.3 Å². The summed E-state index contributed by atoms with van der Waals surface area (Å²) in [6.45, 7) is 1.83. The zero-order valence-electron chi connectivity index (χ0n) is 21.4. The molecule has 0 amide bonds. The van der Waals surface area contributed by atoms with Gasteiger partial charge in [0, 0.05) is 22.2 Å². The van der Waals surface area contributed by atoms with E-state index in [9.17, 15) is 10.2 Å². The minimum atomic E-state index is -0.710. The first-order chi connectivity index (χ1) is 18.8. The predicted octanol–water partition coefficient (Wildman–Crippen LogP) is 5.68. The highest BCUT2D eigenvalue weighted by molar-refractivity contribution is 5.92. The third kappa shape index (κ3) is 3.94. The van der Waals surface area contributed by atoms with Crippen LogP contribution < -0.4 is 5.73 Å². The third-order valence-corrected chi connectivity index (χ3v) is 7.67. The summed E-state index contributed by atoms with van der Waals surface area (Å²) in [7, 11) is 0. The minimum absolute atomic E-state index is 0.170. The molecular weight excluding hydrogens is 486 g/mol. The average molecular weight is 514 g/mol. The Balaban J connectivity index is 1.42. The normalized spacial score (nSPS) is 20.8. The Bertz CT molecular complexity index is 1850. The number of phenolic OH excluding ortho intramolecular Hbond substituents is 1. The SMILES string of the molecule is C[C@]1(O)C[C@@](N)(c2ccc(-c3nc4ccc5nnc(-c6cccc(O)c6)n5c4cc3-c3ccccc3)cc2)C1. The number of hydrogen-bond acceptors (Lipinski definition) is 6. The molecule has 192 valence electrons. The molecule has 3 aromatic carbocycles. The summed E-state index contributed by atoms with van der Waals surface area (Å²) in [6, 6.07) is 31.4. The molecule has 3 aromatic heterocycles. The van der Waals surface area contributed by atoms with Crippen molar-refractivity contribution in [2.75, 3.05) is 0 Å². The van der Waals surface area contributed by atoms with Gasteiger partial charge in [-0.1, -0.05) is 66.7 Å². The maximum absolute atomic E-state index is 10.3. The summed E-state index contributed by atoms with van der Waals surface area (Å²) >= 11 is 0. The molecule has 1 saturated carbocycles. The molecular formula is C32H27N5O2. The van der Waals surface area contributed by atoms with Crippen molar-refractivity contribution in [3.63, 3.8) is 0 Å². The number of aromatic hydroxyl groups is 1. The Hall–Kier alpha value is -4.59. The number of benzene rings is 3. The molecule has 4 N–H and O–H groups in total. The van der Waals surface area contributed by atoms with E-state index in [1.54, 1.807) is 18.2 Å². The number of nitrogens with two attached hydrogens (primary N) is 1. The van der Waals surface area contributed by atoms with Crippen molar-refractivity contribution < 1.29 is 10.2 Å². The molecule has 39 heavy (non-hydrogen) atoms. The van der Waals surface area contributed by atoms with Gasteiger partial charge in [-0.2, -0.15) is 0 Å². The fraction of sp³-hybridized carbons (Fsp3) is 0.156. The van der Waals surface area contributed by atoms with Crippen LogP contribution in [-0.4, -0.2) is 35.4 Å². The van der Waals surface area contributed by atoms with Gasteiger partial charge in [-0.15, -0.1) is 10.2 Å². The van der Waals surface area contributed by atoms with E-state index in [2.05, 4.69) is 40.5 Å². The molecule has 1 fully saturated rings. The second-order valence-electron chi connectivity index (χ2n) is 10.8. The van der Waals surface area contributed by atoms with Crippen molar-refractivity contribution in [1.82, 2.24) is 19.6 Å². The summed E-state index contributed by atoms with van der Waals surface area (Å²) in [5, 5.41) is 29.2. The van der Waals surface area contributed by atoms with E-state index in [-0.39, 0.29) is 5.75 Å². The summed E-state index contributed by atoms with van der Waals surface area (Å²) in [5.74, 6) is 0.803. The molecule has 1 aliphatic rings. The van der Waals surface area contributed by atoms with E-state index in [0.29, 0.717) is 24.3 Å². The lowest BCUT2D eigenvalue weighted by atomic mass is 9.63. The lowest BCUT2D eigenvalue weighted by molar-refractivity contribution is -0.0738. The number of nitrogens with zero attached hydrogens (tertiary/aromatic N) is 4. The zero-order chi connectivity index (χ0) is 26.8. The Morgan fingerprint density at radius 3 is 2.26 bits per heavy atom. The molecule has 7 rings (SSSR count). The standard InChI is InChI=1S/C32H27N5O2/c1-31(39)18-32(33,19-31)23-12-10-21(11-13-23)29-25(20-6-3-2-4-7-20)17-27-26(34-29)14-15-28-35-36-30(37(27)28)22-8-5-9-24(38)16-22/h2-17,38-39H,18-19,33H2,1H3/t31-,32-. The van der Waals surface area contributed by atoms with E-state index in [4.69, 9.17) is 10.7 Å². The maximum Gasteiger partial charge on any atom is 0.169 e. The van der Waals surface area contributed by atoms with Gasteiger partial charge in [0.15, 0.2) is 11.5 Å². The highest BCUT2D eigenvalue weighted by atomic mass is 16.3. The summed E-state index contributed by atoms with van der Waals surface area (Å²) < 4.78 is 1.98. The summed E-state index contributed by atoms with van der Waals surface area (Å²) in [5.41, 5.74) is 13.4. The van der Waals surface area contributed by atoms with Gasteiger partial charge in [-0.25, -0.2) is 4.98 Å². The first-order valence-electron chi connectivity index (χ1n) is 13.0. The van der Waals surface area contributed by atoms with Crippen LogP contribution in [0.2, 0.25) is 0 Å². The molecule has 0 aliphatic heterocycles. The lowest BCUT2D eigenvalue weighted by Crippen LogP contribution is -2.58. The fourth-order valence-electron chi connectivity index (χ4n) is 5.98. The second-order valence-corrected chi connectivity index (χ2v) is 10.8. The van der Waals surface area contributed by atoms with Crippen LogP contribution in [0.15, 0.2) is 97.1 Å². The average Bonchev–Trinajstić information content (AvgIpc) is 3.37. The largest absolute Gasteiger partial charge is 0.508 e. The van der Waals surface area contributed by atoms with Crippen LogP contribution >= 0.6 is 0 Å². The Kier molecular flexibility index (Phi) is 5.10. The summed E-state index contributed by atoms with van der Waals surface area (Å²) in [4.78, 5) is 5.16. The third-order valence-electron chi connectivity index (χ3n) is 7.67. The molecule has 0 bridgehead atoms. The number of pyridine rings is 2. The predicted molar refractivity (Wildman–Crippen MR) is 152 cm³/mol. The number of rotatable bonds is 4. The molecule has 3 heterocycles. The van der Waals surface area contributed by atoms with Crippen molar-refractivity contribution in [2.45, 2.75) is 30.9 Å². The van der Waals surface area contributed by atoms with Gasteiger partial charge < -0.3 is 15.9 Å². The van der Waals surface area contributed by atoms with Gasteiger partial charge in [0.1, 0.15) is 5.75 Å². The second kappa shape index (κ2) is 8.46. The van der Waals surface area contributed by atoms with Crippen LogP contribution in [0.5, 0.6) is 5.75 Å².